The van der Waals surface area contributed by atoms with Crippen molar-refractivity contribution in [2.24, 2.45) is 5.92 Å². The van der Waals surface area contributed by atoms with Crippen molar-refractivity contribution in [3.8, 4) is 0 Å². The van der Waals surface area contributed by atoms with E-state index in [0.29, 0.717) is 0 Å². The number of aromatic nitrogens is 3. The molecular weight excluding hydrogens is 338 g/mol. The molecular formula is C21H25N5O. The third-order valence-electron chi connectivity index (χ3n) is 5.32. The molecule has 6 heteroatoms. The lowest BCUT2D eigenvalue weighted by atomic mass is 9.96. The molecule has 0 bridgehead atoms. The number of aryl methyl sites for hydroxylation is 1. The second-order valence-corrected chi connectivity index (χ2v) is 7.04. The number of carbonyl (C=O) groups excluding carboxylic acids is 1. The van der Waals surface area contributed by atoms with Gasteiger partial charge < -0.3 is 9.88 Å². The quantitative estimate of drug-likeness (QED) is 0.755. The van der Waals surface area contributed by atoms with Crippen LogP contribution in [-0.4, -0.2) is 38.4 Å². The summed E-state index contributed by atoms with van der Waals surface area (Å²) < 4.78 is 2.29. The van der Waals surface area contributed by atoms with Crippen molar-refractivity contribution < 1.29 is 4.79 Å². The molecule has 0 radical (unpaired) electrons. The SMILES string of the molecule is CCn1c(CN2CCC(C(=O)Nc3ccncc3)CC2)nc2ccccc21. The van der Waals surface area contributed by atoms with Crippen molar-refractivity contribution in [1.82, 2.24) is 19.4 Å². The normalized spacial score (nSPS) is 15.9. The molecule has 6 nitrogen and oxygen atoms in total. The summed E-state index contributed by atoms with van der Waals surface area (Å²) in [6, 6.07) is 11.9. The topological polar surface area (TPSA) is 63.1 Å². The summed E-state index contributed by atoms with van der Waals surface area (Å²) in [5.74, 6) is 1.29. The minimum atomic E-state index is 0.0689. The van der Waals surface area contributed by atoms with Gasteiger partial charge in [-0.2, -0.15) is 0 Å². The van der Waals surface area contributed by atoms with Crippen LogP contribution in [0.5, 0.6) is 0 Å². The molecule has 3 aromatic rings. The van der Waals surface area contributed by atoms with Crippen LogP contribution < -0.4 is 5.32 Å². The molecule has 1 N–H and O–H groups in total. The fraction of sp³-hybridized carbons (Fsp3) is 0.381. The highest BCUT2D eigenvalue weighted by molar-refractivity contribution is 5.92. The van der Waals surface area contributed by atoms with Crippen molar-refractivity contribution >= 4 is 22.6 Å². The first kappa shape index (κ1) is 17.7. The van der Waals surface area contributed by atoms with Gasteiger partial charge in [-0.25, -0.2) is 4.98 Å². The van der Waals surface area contributed by atoms with E-state index >= 15 is 0 Å². The van der Waals surface area contributed by atoms with E-state index in [2.05, 4.69) is 44.9 Å². The van der Waals surface area contributed by atoms with Crippen LogP contribution in [0.3, 0.4) is 0 Å². The Balaban J connectivity index is 1.36. The summed E-state index contributed by atoms with van der Waals surface area (Å²) in [6.45, 7) is 5.75. The summed E-state index contributed by atoms with van der Waals surface area (Å²) in [4.78, 5) is 23.7. The number of piperidine rings is 1. The molecule has 3 heterocycles. The van der Waals surface area contributed by atoms with Gasteiger partial charge in [0.25, 0.3) is 0 Å². The zero-order valence-corrected chi connectivity index (χ0v) is 15.6. The van der Waals surface area contributed by atoms with Crippen LogP contribution in [0.2, 0.25) is 0 Å². The zero-order chi connectivity index (χ0) is 18.6. The molecule has 0 aliphatic carbocycles. The molecule has 0 atom stereocenters. The van der Waals surface area contributed by atoms with Gasteiger partial charge in [-0.3, -0.25) is 14.7 Å². The summed E-state index contributed by atoms with van der Waals surface area (Å²) >= 11 is 0. The number of likely N-dealkylation sites (tertiary alicyclic amines) is 1. The zero-order valence-electron chi connectivity index (χ0n) is 15.6. The number of anilines is 1. The number of amides is 1. The molecule has 4 rings (SSSR count). The third-order valence-corrected chi connectivity index (χ3v) is 5.32. The maximum atomic E-state index is 12.5. The Morgan fingerprint density at radius 1 is 1.15 bits per heavy atom. The number of imidazole rings is 1. The summed E-state index contributed by atoms with van der Waals surface area (Å²) in [6.07, 6.45) is 5.14. The van der Waals surface area contributed by atoms with Crippen molar-refractivity contribution in [3.63, 3.8) is 0 Å². The fourth-order valence-electron chi connectivity index (χ4n) is 3.83. The van der Waals surface area contributed by atoms with E-state index in [-0.39, 0.29) is 11.8 Å². The maximum absolute atomic E-state index is 12.5. The van der Waals surface area contributed by atoms with Gasteiger partial charge in [0.2, 0.25) is 5.91 Å². The number of nitrogens with zero attached hydrogens (tertiary/aromatic N) is 4. The number of fused-ring (bicyclic) bond motifs is 1. The maximum Gasteiger partial charge on any atom is 0.227 e. The lowest BCUT2D eigenvalue weighted by Gasteiger charge is -2.31. The van der Waals surface area contributed by atoms with Crippen LogP contribution >= 0.6 is 0 Å². The molecule has 2 aromatic heterocycles. The average molecular weight is 363 g/mol. The first-order valence-electron chi connectivity index (χ1n) is 9.62. The fourth-order valence-corrected chi connectivity index (χ4v) is 3.83. The lowest BCUT2D eigenvalue weighted by molar-refractivity contribution is -0.121. The summed E-state index contributed by atoms with van der Waals surface area (Å²) in [5, 5.41) is 3.00. The monoisotopic (exact) mass is 363 g/mol. The van der Waals surface area contributed by atoms with E-state index in [4.69, 9.17) is 4.98 Å². The van der Waals surface area contributed by atoms with Crippen LogP contribution in [0.15, 0.2) is 48.8 Å². The molecule has 1 saturated heterocycles. The third kappa shape index (κ3) is 3.85. The van der Waals surface area contributed by atoms with E-state index in [1.807, 2.05) is 18.2 Å². The molecule has 1 aliphatic heterocycles. The van der Waals surface area contributed by atoms with Crippen molar-refractivity contribution in [1.29, 1.82) is 0 Å². The number of nitrogens with one attached hydrogen (secondary N) is 1. The Morgan fingerprint density at radius 2 is 1.89 bits per heavy atom. The first-order chi connectivity index (χ1) is 13.2. The Hall–Kier alpha value is -2.73. The standard InChI is InChI=1S/C21H25N5O/c1-2-26-19-6-4-3-5-18(19)24-20(26)15-25-13-9-16(10-14-25)21(27)23-17-7-11-22-12-8-17/h3-8,11-12,16H,2,9-10,13-15H2,1H3,(H,22,23,27). The van der Waals surface area contributed by atoms with Crippen LogP contribution in [-0.2, 0) is 17.9 Å². The van der Waals surface area contributed by atoms with E-state index in [1.54, 1.807) is 12.4 Å². The highest BCUT2D eigenvalue weighted by Crippen LogP contribution is 2.22. The van der Waals surface area contributed by atoms with Gasteiger partial charge in [-0.05, 0) is 57.1 Å². The second kappa shape index (κ2) is 7.88. The Kier molecular flexibility index (Phi) is 5.16. The number of pyridine rings is 1. The van der Waals surface area contributed by atoms with E-state index < -0.39 is 0 Å². The minimum absolute atomic E-state index is 0.0689. The predicted molar refractivity (Wildman–Crippen MR) is 106 cm³/mol. The molecule has 0 unspecified atom stereocenters. The Labute approximate surface area is 159 Å². The van der Waals surface area contributed by atoms with Crippen LogP contribution in [0.4, 0.5) is 5.69 Å². The second-order valence-electron chi connectivity index (χ2n) is 7.04. The average Bonchev–Trinajstić information content (AvgIpc) is 3.06. The number of rotatable bonds is 5. The first-order valence-corrected chi connectivity index (χ1v) is 9.62. The highest BCUT2D eigenvalue weighted by Gasteiger charge is 2.26. The smallest absolute Gasteiger partial charge is 0.227 e. The summed E-state index contributed by atoms with van der Waals surface area (Å²) in [5.41, 5.74) is 3.07. The predicted octanol–water partition coefficient (Wildman–Crippen LogP) is 3.30. The number of hydrogen-bond acceptors (Lipinski definition) is 4. The minimum Gasteiger partial charge on any atom is -0.327 e. The molecule has 27 heavy (non-hydrogen) atoms. The Morgan fingerprint density at radius 3 is 2.63 bits per heavy atom. The van der Waals surface area contributed by atoms with Gasteiger partial charge in [-0.1, -0.05) is 12.1 Å². The van der Waals surface area contributed by atoms with Gasteiger partial charge in [0, 0.05) is 30.5 Å². The van der Waals surface area contributed by atoms with Crippen LogP contribution in [0, 0.1) is 5.92 Å². The summed E-state index contributed by atoms with van der Waals surface area (Å²) in [7, 11) is 0. The van der Waals surface area contributed by atoms with Gasteiger partial charge in [0.05, 0.1) is 17.6 Å². The van der Waals surface area contributed by atoms with E-state index in [1.165, 1.54) is 5.52 Å². The molecule has 0 saturated carbocycles. The van der Waals surface area contributed by atoms with Gasteiger partial charge in [0.1, 0.15) is 5.82 Å². The molecule has 1 aliphatic rings. The molecule has 0 spiro atoms. The van der Waals surface area contributed by atoms with Gasteiger partial charge in [0.15, 0.2) is 0 Å². The number of hydrogen-bond donors (Lipinski definition) is 1. The number of para-hydroxylation sites is 2. The molecule has 1 fully saturated rings. The Bertz CT molecular complexity index is 913. The van der Waals surface area contributed by atoms with Gasteiger partial charge >= 0.3 is 0 Å². The molecule has 1 amide bonds. The lowest BCUT2D eigenvalue weighted by Crippen LogP contribution is -2.38. The van der Waals surface area contributed by atoms with Crippen molar-refractivity contribution in [2.75, 3.05) is 18.4 Å². The van der Waals surface area contributed by atoms with E-state index in [0.717, 1.165) is 56.0 Å². The van der Waals surface area contributed by atoms with Crippen molar-refractivity contribution in [2.45, 2.75) is 32.9 Å². The number of benzene rings is 1. The molecule has 1 aromatic carbocycles. The van der Waals surface area contributed by atoms with Gasteiger partial charge in [-0.15, -0.1) is 0 Å². The largest absolute Gasteiger partial charge is 0.327 e. The van der Waals surface area contributed by atoms with Crippen LogP contribution in [0.25, 0.3) is 11.0 Å². The van der Waals surface area contributed by atoms with E-state index in [9.17, 15) is 4.79 Å². The highest BCUT2D eigenvalue weighted by atomic mass is 16.1. The molecule has 140 valence electrons. The number of carbonyl (C=O) groups is 1. The van der Waals surface area contributed by atoms with Crippen molar-refractivity contribution in [3.05, 3.63) is 54.6 Å². The van der Waals surface area contributed by atoms with Crippen LogP contribution in [0.1, 0.15) is 25.6 Å².